The number of methoxy groups -OCH3 is 1. The Labute approximate surface area is 96.8 Å². The fourth-order valence-electron chi connectivity index (χ4n) is 1.18. The standard InChI is InChI=1S/C10H10N2O5/c1-16-10(13)7-3-4-9(12(14)15)8(5-7)6-11-17-2/h3-6H,1-2H3. The molecule has 0 aliphatic carbocycles. The van der Waals surface area contributed by atoms with Crippen LogP contribution in [0.15, 0.2) is 23.4 Å². The molecule has 0 fully saturated rings. The maximum absolute atomic E-state index is 11.3. The molecule has 0 radical (unpaired) electrons. The van der Waals surface area contributed by atoms with Gasteiger partial charge < -0.3 is 9.57 Å². The van der Waals surface area contributed by atoms with Crippen molar-refractivity contribution in [3.63, 3.8) is 0 Å². The first kappa shape index (κ1) is 12.6. The Bertz CT molecular complexity index is 470. The van der Waals surface area contributed by atoms with Crippen LogP contribution < -0.4 is 0 Å². The van der Waals surface area contributed by atoms with E-state index in [1.807, 2.05) is 0 Å². The van der Waals surface area contributed by atoms with Crippen molar-refractivity contribution >= 4 is 17.9 Å². The molecule has 17 heavy (non-hydrogen) atoms. The van der Waals surface area contributed by atoms with E-state index in [4.69, 9.17) is 0 Å². The van der Waals surface area contributed by atoms with Crippen molar-refractivity contribution in [2.24, 2.45) is 5.16 Å². The number of ether oxygens (including phenoxy) is 1. The molecular weight excluding hydrogens is 228 g/mol. The summed E-state index contributed by atoms with van der Waals surface area (Å²) in [5, 5.41) is 14.2. The van der Waals surface area contributed by atoms with E-state index in [1.165, 1.54) is 32.4 Å². The lowest BCUT2D eigenvalue weighted by Gasteiger charge is -2.01. The van der Waals surface area contributed by atoms with Crippen LogP contribution in [0.25, 0.3) is 0 Å². The molecule has 7 heteroatoms. The van der Waals surface area contributed by atoms with E-state index in [-0.39, 0.29) is 16.8 Å². The minimum atomic E-state index is -0.577. The lowest BCUT2D eigenvalue weighted by Crippen LogP contribution is -2.03. The van der Waals surface area contributed by atoms with Crippen LogP contribution in [0.5, 0.6) is 0 Å². The topological polar surface area (TPSA) is 91.0 Å². The van der Waals surface area contributed by atoms with Crippen molar-refractivity contribution in [1.29, 1.82) is 0 Å². The van der Waals surface area contributed by atoms with Crippen LogP contribution in [0.2, 0.25) is 0 Å². The highest BCUT2D eigenvalue weighted by Crippen LogP contribution is 2.18. The maximum atomic E-state index is 11.3. The predicted molar refractivity (Wildman–Crippen MR) is 59.0 cm³/mol. The first-order valence-corrected chi connectivity index (χ1v) is 4.53. The van der Waals surface area contributed by atoms with E-state index in [9.17, 15) is 14.9 Å². The number of carbonyl (C=O) groups excluding carboxylic acids is 1. The molecule has 0 saturated carbocycles. The third-order valence-electron chi connectivity index (χ3n) is 1.94. The van der Waals surface area contributed by atoms with Gasteiger partial charge in [0.05, 0.1) is 29.4 Å². The summed E-state index contributed by atoms with van der Waals surface area (Å²) in [6.45, 7) is 0. The molecule has 0 atom stereocenters. The number of carbonyl (C=O) groups is 1. The highest BCUT2D eigenvalue weighted by molar-refractivity contribution is 5.94. The van der Waals surface area contributed by atoms with Crippen molar-refractivity contribution in [2.45, 2.75) is 0 Å². The molecule has 0 aliphatic rings. The minimum absolute atomic E-state index is 0.166. The van der Waals surface area contributed by atoms with Gasteiger partial charge in [-0.2, -0.15) is 0 Å². The molecule has 1 rings (SSSR count). The van der Waals surface area contributed by atoms with E-state index >= 15 is 0 Å². The minimum Gasteiger partial charge on any atom is -0.465 e. The fourth-order valence-corrected chi connectivity index (χ4v) is 1.18. The average Bonchev–Trinajstić information content (AvgIpc) is 2.34. The monoisotopic (exact) mass is 238 g/mol. The SMILES string of the molecule is CON=Cc1cc(C(=O)OC)ccc1[N+](=O)[O-]. The zero-order valence-electron chi connectivity index (χ0n) is 9.25. The van der Waals surface area contributed by atoms with Gasteiger partial charge in [0, 0.05) is 6.07 Å². The van der Waals surface area contributed by atoms with Gasteiger partial charge in [-0.15, -0.1) is 0 Å². The molecular formula is C10H10N2O5. The van der Waals surface area contributed by atoms with Crippen LogP contribution in [-0.4, -0.2) is 31.3 Å². The maximum Gasteiger partial charge on any atom is 0.337 e. The van der Waals surface area contributed by atoms with Crippen molar-refractivity contribution < 1.29 is 19.3 Å². The van der Waals surface area contributed by atoms with E-state index in [0.717, 1.165) is 6.21 Å². The molecule has 0 spiro atoms. The number of hydrogen-bond donors (Lipinski definition) is 0. The fraction of sp³-hybridized carbons (Fsp3) is 0.200. The van der Waals surface area contributed by atoms with Crippen molar-refractivity contribution in [3.8, 4) is 0 Å². The first-order chi connectivity index (χ1) is 8.10. The second-order valence-electron chi connectivity index (χ2n) is 2.94. The van der Waals surface area contributed by atoms with Gasteiger partial charge in [-0.1, -0.05) is 5.16 Å². The van der Waals surface area contributed by atoms with Crippen LogP contribution in [0.4, 0.5) is 5.69 Å². The van der Waals surface area contributed by atoms with Crippen LogP contribution >= 0.6 is 0 Å². The zero-order valence-corrected chi connectivity index (χ0v) is 9.25. The Balaban J connectivity index is 3.23. The number of rotatable bonds is 4. The molecule has 0 aliphatic heterocycles. The highest BCUT2D eigenvalue weighted by Gasteiger charge is 2.15. The summed E-state index contributed by atoms with van der Waals surface area (Å²) in [6, 6.07) is 3.84. The van der Waals surface area contributed by atoms with E-state index < -0.39 is 10.9 Å². The van der Waals surface area contributed by atoms with Gasteiger partial charge in [-0.05, 0) is 12.1 Å². The smallest absolute Gasteiger partial charge is 0.337 e. The Morgan fingerprint density at radius 3 is 2.71 bits per heavy atom. The lowest BCUT2D eigenvalue weighted by molar-refractivity contribution is -0.385. The van der Waals surface area contributed by atoms with Gasteiger partial charge in [-0.25, -0.2) is 4.79 Å². The third kappa shape index (κ3) is 3.00. The summed E-state index contributed by atoms with van der Waals surface area (Å²) >= 11 is 0. The van der Waals surface area contributed by atoms with Gasteiger partial charge in [-0.3, -0.25) is 10.1 Å². The Morgan fingerprint density at radius 2 is 2.18 bits per heavy atom. The number of nitrogens with zero attached hydrogens (tertiary/aromatic N) is 2. The zero-order chi connectivity index (χ0) is 12.8. The van der Waals surface area contributed by atoms with Crippen molar-refractivity contribution in [1.82, 2.24) is 0 Å². The average molecular weight is 238 g/mol. The van der Waals surface area contributed by atoms with Gasteiger partial charge in [0.2, 0.25) is 0 Å². The Hall–Kier alpha value is -2.44. The normalized spacial score (nSPS) is 10.2. The largest absolute Gasteiger partial charge is 0.465 e. The molecule has 0 unspecified atom stereocenters. The summed E-state index contributed by atoms with van der Waals surface area (Å²) in [7, 11) is 2.54. The first-order valence-electron chi connectivity index (χ1n) is 4.53. The van der Waals surface area contributed by atoms with Crippen LogP contribution in [0.1, 0.15) is 15.9 Å². The number of oxime groups is 1. The lowest BCUT2D eigenvalue weighted by atomic mass is 10.1. The third-order valence-corrected chi connectivity index (χ3v) is 1.94. The number of nitro benzene ring substituents is 1. The number of esters is 1. The van der Waals surface area contributed by atoms with E-state index in [0.29, 0.717) is 0 Å². The summed E-state index contributed by atoms with van der Waals surface area (Å²) in [5.74, 6) is -0.577. The van der Waals surface area contributed by atoms with Crippen molar-refractivity contribution in [2.75, 3.05) is 14.2 Å². The molecule has 0 amide bonds. The number of benzene rings is 1. The molecule has 1 aromatic rings. The van der Waals surface area contributed by atoms with E-state index in [1.54, 1.807) is 0 Å². The van der Waals surface area contributed by atoms with Crippen molar-refractivity contribution in [3.05, 3.63) is 39.4 Å². The number of hydrogen-bond acceptors (Lipinski definition) is 6. The van der Waals surface area contributed by atoms with Crippen LogP contribution in [-0.2, 0) is 9.57 Å². The van der Waals surface area contributed by atoms with E-state index in [2.05, 4.69) is 14.7 Å². The van der Waals surface area contributed by atoms with Gasteiger partial charge in [0.1, 0.15) is 7.11 Å². The molecule has 1 aromatic carbocycles. The second kappa shape index (κ2) is 5.59. The molecule has 90 valence electrons. The summed E-state index contributed by atoms with van der Waals surface area (Å²) in [4.78, 5) is 25.8. The molecule has 7 nitrogen and oxygen atoms in total. The van der Waals surface area contributed by atoms with Crippen LogP contribution in [0, 0.1) is 10.1 Å². The molecule has 0 N–H and O–H groups in total. The molecule has 0 heterocycles. The molecule has 0 aromatic heterocycles. The molecule has 0 saturated heterocycles. The second-order valence-corrected chi connectivity index (χ2v) is 2.94. The quantitative estimate of drug-likeness (QED) is 0.342. The van der Waals surface area contributed by atoms with Gasteiger partial charge >= 0.3 is 5.97 Å². The van der Waals surface area contributed by atoms with Gasteiger partial charge in [0.15, 0.2) is 0 Å². The van der Waals surface area contributed by atoms with Gasteiger partial charge in [0.25, 0.3) is 5.69 Å². The summed E-state index contributed by atoms with van der Waals surface area (Å²) in [5.41, 5.74) is 0.203. The Morgan fingerprint density at radius 1 is 1.47 bits per heavy atom. The Kier molecular flexibility index (Phi) is 4.15. The highest BCUT2D eigenvalue weighted by atomic mass is 16.6. The number of nitro groups is 1. The predicted octanol–water partition coefficient (Wildman–Crippen LogP) is 1.36. The summed E-state index contributed by atoms with van der Waals surface area (Å²) in [6.07, 6.45) is 1.16. The summed E-state index contributed by atoms with van der Waals surface area (Å²) < 4.78 is 4.51. The van der Waals surface area contributed by atoms with Crippen LogP contribution in [0.3, 0.4) is 0 Å². The molecule has 0 bridgehead atoms.